The van der Waals surface area contributed by atoms with Crippen LogP contribution >= 0.6 is 0 Å². The summed E-state index contributed by atoms with van der Waals surface area (Å²) in [6.45, 7) is 6.65. The molecule has 0 rings (SSSR count). The van der Waals surface area contributed by atoms with Gasteiger partial charge in [-0.15, -0.1) is 0 Å². The Kier molecular flexibility index (Phi) is 56.2. The number of allylic oxidation sites excluding steroid dienone is 6. The van der Waals surface area contributed by atoms with E-state index in [9.17, 15) is 14.4 Å². The van der Waals surface area contributed by atoms with Gasteiger partial charge >= 0.3 is 17.9 Å². The van der Waals surface area contributed by atoms with Crippen molar-refractivity contribution in [1.82, 2.24) is 0 Å². The molecule has 0 aliphatic heterocycles. The van der Waals surface area contributed by atoms with Gasteiger partial charge in [0.25, 0.3) is 0 Å². The second-order valence-electron chi connectivity index (χ2n) is 20.6. The van der Waals surface area contributed by atoms with E-state index >= 15 is 0 Å². The molecule has 6 heteroatoms. The molecule has 0 unspecified atom stereocenters. The normalized spacial score (nSPS) is 12.2. The van der Waals surface area contributed by atoms with E-state index < -0.39 is 6.10 Å². The standard InChI is InChI=1S/C63H116O6/c1-4-7-10-13-16-19-22-25-28-31-34-37-40-43-46-49-52-55-61(64)67-58-60(69-63(66)57-54-51-48-45-42-39-36-33-30-27-24-21-18-15-12-9-6-3)59-68-62(65)56-53-50-47-44-41-38-35-32-29-26-23-20-17-14-11-8-5-2/h16,19,25,28,34,37,60H,4-15,17-18,20-24,26-27,29-33,35-36,38-59H2,1-3H3/b19-16+,28-25+,37-34+/t60-/m0/s1. The number of hydrogen-bond acceptors (Lipinski definition) is 6. The number of esters is 3. The van der Waals surface area contributed by atoms with Gasteiger partial charge in [-0.1, -0.05) is 288 Å². The van der Waals surface area contributed by atoms with Crippen LogP contribution in [0.1, 0.15) is 329 Å². The Balaban J connectivity index is 4.36. The van der Waals surface area contributed by atoms with Crippen LogP contribution < -0.4 is 0 Å². The van der Waals surface area contributed by atoms with Gasteiger partial charge in [0.15, 0.2) is 6.10 Å². The van der Waals surface area contributed by atoms with E-state index in [1.807, 2.05) is 0 Å². The minimum Gasteiger partial charge on any atom is -0.462 e. The predicted octanol–water partition coefficient (Wildman–Crippen LogP) is 20.4. The van der Waals surface area contributed by atoms with E-state index in [4.69, 9.17) is 14.2 Å². The summed E-state index contributed by atoms with van der Waals surface area (Å²) < 4.78 is 16.9. The number of unbranched alkanes of at least 4 members (excludes halogenated alkanes) is 39. The van der Waals surface area contributed by atoms with Crippen molar-refractivity contribution in [1.29, 1.82) is 0 Å². The first-order valence-corrected chi connectivity index (χ1v) is 30.5. The summed E-state index contributed by atoms with van der Waals surface area (Å²) in [6, 6.07) is 0. The first-order valence-electron chi connectivity index (χ1n) is 30.5. The van der Waals surface area contributed by atoms with E-state index in [0.29, 0.717) is 19.3 Å². The number of ether oxygens (including phenoxy) is 3. The van der Waals surface area contributed by atoms with Crippen LogP contribution in [0.3, 0.4) is 0 Å². The molecule has 6 nitrogen and oxygen atoms in total. The lowest BCUT2D eigenvalue weighted by molar-refractivity contribution is -0.167. The molecule has 69 heavy (non-hydrogen) atoms. The molecule has 0 heterocycles. The van der Waals surface area contributed by atoms with E-state index in [1.165, 1.54) is 205 Å². The van der Waals surface area contributed by atoms with E-state index in [-0.39, 0.29) is 31.1 Å². The zero-order valence-electron chi connectivity index (χ0n) is 46.3. The molecule has 0 radical (unpaired) electrons. The van der Waals surface area contributed by atoms with Crippen LogP contribution in [-0.2, 0) is 28.6 Å². The van der Waals surface area contributed by atoms with Crippen molar-refractivity contribution in [2.75, 3.05) is 13.2 Å². The highest BCUT2D eigenvalue weighted by atomic mass is 16.6. The fourth-order valence-electron chi connectivity index (χ4n) is 9.04. The smallest absolute Gasteiger partial charge is 0.306 e. The third kappa shape index (κ3) is 56.4. The number of carbonyl (C=O) groups is 3. The zero-order valence-corrected chi connectivity index (χ0v) is 46.3. The number of carbonyl (C=O) groups excluding carboxylic acids is 3. The molecule has 0 saturated heterocycles. The van der Waals surface area contributed by atoms with Gasteiger partial charge in [-0.25, -0.2) is 0 Å². The van der Waals surface area contributed by atoms with Crippen molar-refractivity contribution in [2.24, 2.45) is 0 Å². The fourth-order valence-corrected chi connectivity index (χ4v) is 9.04. The maximum atomic E-state index is 12.9. The maximum absolute atomic E-state index is 12.9. The van der Waals surface area contributed by atoms with E-state index in [2.05, 4.69) is 57.2 Å². The lowest BCUT2D eigenvalue weighted by Crippen LogP contribution is -2.30. The Morgan fingerprint density at radius 2 is 0.522 bits per heavy atom. The van der Waals surface area contributed by atoms with Gasteiger partial charge in [0.2, 0.25) is 0 Å². The molecule has 0 amide bonds. The summed E-state index contributed by atoms with van der Waals surface area (Å²) in [5.74, 6) is -0.873. The Bertz CT molecular complexity index is 1160. The average molecular weight is 970 g/mol. The zero-order chi connectivity index (χ0) is 50.0. The number of rotatable bonds is 56. The maximum Gasteiger partial charge on any atom is 0.306 e. The van der Waals surface area contributed by atoms with Gasteiger partial charge in [-0.05, 0) is 57.8 Å². The monoisotopic (exact) mass is 969 g/mol. The highest BCUT2D eigenvalue weighted by Crippen LogP contribution is 2.17. The second-order valence-corrected chi connectivity index (χ2v) is 20.6. The molecule has 0 saturated carbocycles. The minimum absolute atomic E-state index is 0.0741. The van der Waals surface area contributed by atoms with Gasteiger partial charge < -0.3 is 14.2 Å². The lowest BCUT2D eigenvalue weighted by atomic mass is 10.0. The minimum atomic E-state index is -0.777. The van der Waals surface area contributed by atoms with Crippen LogP contribution in [-0.4, -0.2) is 37.2 Å². The third-order valence-electron chi connectivity index (χ3n) is 13.6. The van der Waals surface area contributed by atoms with Crippen LogP contribution in [0, 0.1) is 0 Å². The number of hydrogen-bond donors (Lipinski definition) is 0. The van der Waals surface area contributed by atoms with Gasteiger partial charge in [0, 0.05) is 19.3 Å². The molecule has 0 aromatic heterocycles. The average Bonchev–Trinajstić information content (AvgIpc) is 3.35. The van der Waals surface area contributed by atoms with Gasteiger partial charge in [0.05, 0.1) is 0 Å². The third-order valence-corrected chi connectivity index (χ3v) is 13.6. The topological polar surface area (TPSA) is 78.9 Å². The first kappa shape index (κ1) is 66.6. The summed E-state index contributed by atoms with van der Waals surface area (Å²) in [6.07, 6.45) is 69.9. The molecule has 1 atom stereocenters. The molecule has 0 aliphatic rings. The molecule has 0 N–H and O–H groups in total. The molecule has 0 aromatic carbocycles. The van der Waals surface area contributed by atoms with Gasteiger partial charge in [-0.2, -0.15) is 0 Å². The predicted molar refractivity (Wildman–Crippen MR) is 298 cm³/mol. The quantitative estimate of drug-likeness (QED) is 0.0261. The van der Waals surface area contributed by atoms with Crippen LogP contribution in [0.5, 0.6) is 0 Å². The van der Waals surface area contributed by atoms with Crippen LogP contribution in [0.15, 0.2) is 36.5 Å². The van der Waals surface area contributed by atoms with Crippen molar-refractivity contribution in [2.45, 2.75) is 335 Å². The van der Waals surface area contributed by atoms with E-state index in [0.717, 1.165) is 83.5 Å². The molecular weight excluding hydrogens is 853 g/mol. The Morgan fingerprint density at radius 1 is 0.290 bits per heavy atom. The van der Waals surface area contributed by atoms with Gasteiger partial charge in [0.1, 0.15) is 13.2 Å². The summed E-state index contributed by atoms with van der Waals surface area (Å²) in [7, 11) is 0. The Hall–Kier alpha value is -2.37. The largest absolute Gasteiger partial charge is 0.462 e. The van der Waals surface area contributed by atoms with Crippen molar-refractivity contribution < 1.29 is 28.6 Å². The van der Waals surface area contributed by atoms with Crippen molar-refractivity contribution >= 4 is 17.9 Å². The molecule has 0 spiro atoms. The Morgan fingerprint density at radius 3 is 0.841 bits per heavy atom. The molecule has 404 valence electrons. The van der Waals surface area contributed by atoms with Crippen molar-refractivity contribution in [3.8, 4) is 0 Å². The second kappa shape index (κ2) is 58.2. The summed E-state index contributed by atoms with van der Waals surface area (Å²) in [5.41, 5.74) is 0. The summed E-state index contributed by atoms with van der Waals surface area (Å²) in [5, 5.41) is 0. The molecular formula is C63H116O6. The molecule has 0 bridgehead atoms. The van der Waals surface area contributed by atoms with Crippen molar-refractivity contribution in [3.05, 3.63) is 36.5 Å². The highest BCUT2D eigenvalue weighted by Gasteiger charge is 2.19. The molecule has 0 aromatic rings. The van der Waals surface area contributed by atoms with Gasteiger partial charge in [-0.3, -0.25) is 14.4 Å². The molecule has 0 aliphatic carbocycles. The SMILES string of the molecule is CCCCC/C=C/C/C=C/C/C=C/CCCCCCC(=O)OC[C@@H](COC(=O)CCCCCCCCCCCCCCCCCCC)OC(=O)CCCCCCCCCCCCCCCCCCC. The first-order chi connectivity index (χ1) is 34.0. The molecule has 0 fully saturated rings. The van der Waals surface area contributed by atoms with Crippen LogP contribution in [0.2, 0.25) is 0 Å². The highest BCUT2D eigenvalue weighted by molar-refractivity contribution is 5.71. The summed E-state index contributed by atoms with van der Waals surface area (Å²) >= 11 is 0. The van der Waals surface area contributed by atoms with Crippen LogP contribution in [0.4, 0.5) is 0 Å². The van der Waals surface area contributed by atoms with Crippen molar-refractivity contribution in [3.63, 3.8) is 0 Å². The van der Waals surface area contributed by atoms with Crippen LogP contribution in [0.25, 0.3) is 0 Å². The lowest BCUT2D eigenvalue weighted by Gasteiger charge is -2.18. The Labute approximate surface area is 429 Å². The fraction of sp³-hybridized carbons (Fsp3) is 0.857. The van der Waals surface area contributed by atoms with E-state index in [1.54, 1.807) is 0 Å². The summed E-state index contributed by atoms with van der Waals surface area (Å²) in [4.78, 5) is 38.2.